The summed E-state index contributed by atoms with van der Waals surface area (Å²) in [5.41, 5.74) is 3.38. The van der Waals surface area contributed by atoms with Gasteiger partial charge in [0.05, 0.1) is 12.1 Å². The smallest absolute Gasteiger partial charge is 0.303 e. The van der Waals surface area contributed by atoms with E-state index in [1.165, 1.54) is 16.9 Å². The second-order valence-corrected chi connectivity index (χ2v) is 5.62. The molecule has 0 aliphatic carbocycles. The molecule has 2 heterocycles. The van der Waals surface area contributed by atoms with Crippen LogP contribution in [0.3, 0.4) is 0 Å². The van der Waals surface area contributed by atoms with Crippen molar-refractivity contribution >= 4 is 22.3 Å². The fraction of sp³-hybridized carbons (Fsp3) is 0.267. The molecule has 6 heteroatoms. The van der Waals surface area contributed by atoms with Gasteiger partial charge in [0.2, 0.25) is 4.96 Å². The van der Waals surface area contributed by atoms with Crippen LogP contribution in [0.5, 0.6) is 0 Å². The highest BCUT2D eigenvalue weighted by Crippen LogP contribution is 2.25. The molecule has 3 rings (SSSR count). The summed E-state index contributed by atoms with van der Waals surface area (Å²) in [4.78, 5) is 15.8. The minimum atomic E-state index is -0.830. The number of aromatic nitrogens is 3. The van der Waals surface area contributed by atoms with Crippen LogP contribution in [0, 0.1) is 0 Å². The highest BCUT2D eigenvalue weighted by molar-refractivity contribution is 7.15. The lowest BCUT2D eigenvalue weighted by molar-refractivity contribution is -0.137. The molecule has 0 bridgehead atoms. The van der Waals surface area contributed by atoms with Gasteiger partial charge in [-0.25, -0.2) is 9.50 Å². The largest absolute Gasteiger partial charge is 0.481 e. The Hall–Kier alpha value is -2.21. The molecule has 0 atom stereocenters. The maximum Gasteiger partial charge on any atom is 0.303 e. The number of thiazole rings is 1. The van der Waals surface area contributed by atoms with E-state index in [9.17, 15) is 4.79 Å². The van der Waals surface area contributed by atoms with Crippen molar-refractivity contribution in [1.82, 2.24) is 14.6 Å². The van der Waals surface area contributed by atoms with Crippen LogP contribution in [-0.4, -0.2) is 25.7 Å². The first-order valence-electron chi connectivity index (χ1n) is 6.81. The molecule has 2 aromatic heterocycles. The average Bonchev–Trinajstić information content (AvgIpc) is 3.05. The fourth-order valence-corrected chi connectivity index (χ4v) is 3.01. The lowest BCUT2D eigenvalue weighted by Gasteiger charge is -2.00. The molecule has 108 valence electrons. The molecule has 0 saturated carbocycles. The predicted molar refractivity (Wildman–Crippen MR) is 81.6 cm³/mol. The minimum Gasteiger partial charge on any atom is -0.481 e. The summed E-state index contributed by atoms with van der Waals surface area (Å²) in [5.74, 6) is -0.251. The van der Waals surface area contributed by atoms with Crippen LogP contribution in [0.25, 0.3) is 16.2 Å². The van der Waals surface area contributed by atoms with Crippen molar-refractivity contribution < 1.29 is 9.90 Å². The maximum absolute atomic E-state index is 10.6. The SMILES string of the molecule is CCc1ccc(-c2csc3nc(CCC(=O)O)nn23)cc1. The van der Waals surface area contributed by atoms with Crippen LogP contribution in [0.4, 0.5) is 0 Å². The third kappa shape index (κ3) is 2.80. The lowest BCUT2D eigenvalue weighted by Crippen LogP contribution is -1.99. The highest BCUT2D eigenvalue weighted by atomic mass is 32.1. The second-order valence-electron chi connectivity index (χ2n) is 4.79. The van der Waals surface area contributed by atoms with Crippen LogP contribution in [-0.2, 0) is 17.6 Å². The van der Waals surface area contributed by atoms with Gasteiger partial charge in [-0.15, -0.1) is 16.4 Å². The molecule has 1 N–H and O–H groups in total. The molecular weight excluding hydrogens is 286 g/mol. The molecule has 0 spiro atoms. The van der Waals surface area contributed by atoms with Crippen molar-refractivity contribution in [3.05, 3.63) is 41.0 Å². The van der Waals surface area contributed by atoms with Gasteiger partial charge in [-0.2, -0.15) is 0 Å². The third-order valence-electron chi connectivity index (χ3n) is 3.35. The number of benzene rings is 1. The molecule has 0 aliphatic rings. The number of carboxylic acids is 1. The van der Waals surface area contributed by atoms with E-state index in [-0.39, 0.29) is 6.42 Å². The molecule has 0 radical (unpaired) electrons. The molecular formula is C15H15N3O2S. The van der Waals surface area contributed by atoms with E-state index >= 15 is 0 Å². The van der Waals surface area contributed by atoms with Crippen LogP contribution >= 0.6 is 11.3 Å². The summed E-state index contributed by atoms with van der Waals surface area (Å²) in [7, 11) is 0. The summed E-state index contributed by atoms with van der Waals surface area (Å²) in [5, 5.41) is 15.2. The highest BCUT2D eigenvalue weighted by Gasteiger charge is 2.12. The molecule has 1 aromatic carbocycles. The Balaban J connectivity index is 1.92. The maximum atomic E-state index is 10.6. The molecule has 21 heavy (non-hydrogen) atoms. The van der Waals surface area contributed by atoms with Crippen LogP contribution in [0.15, 0.2) is 29.6 Å². The van der Waals surface area contributed by atoms with Crippen molar-refractivity contribution in [3.8, 4) is 11.3 Å². The van der Waals surface area contributed by atoms with Gasteiger partial charge in [0.15, 0.2) is 5.82 Å². The molecule has 0 fully saturated rings. The molecule has 0 saturated heterocycles. The van der Waals surface area contributed by atoms with E-state index in [1.54, 1.807) is 4.52 Å². The van der Waals surface area contributed by atoms with Crippen molar-refractivity contribution in [2.45, 2.75) is 26.2 Å². The van der Waals surface area contributed by atoms with E-state index in [2.05, 4.69) is 41.3 Å². The first-order chi connectivity index (χ1) is 10.2. The molecule has 0 unspecified atom stereocenters. The zero-order chi connectivity index (χ0) is 14.8. The second kappa shape index (κ2) is 5.65. The van der Waals surface area contributed by atoms with E-state index in [4.69, 9.17) is 5.11 Å². The Morgan fingerprint density at radius 2 is 2.10 bits per heavy atom. The Kier molecular flexibility index (Phi) is 3.70. The Morgan fingerprint density at radius 3 is 2.76 bits per heavy atom. The van der Waals surface area contributed by atoms with Gasteiger partial charge in [0.25, 0.3) is 0 Å². The molecule has 5 nitrogen and oxygen atoms in total. The number of hydrogen-bond donors (Lipinski definition) is 1. The van der Waals surface area contributed by atoms with Gasteiger partial charge in [-0.05, 0) is 12.0 Å². The van der Waals surface area contributed by atoms with Crippen molar-refractivity contribution in [1.29, 1.82) is 0 Å². The summed E-state index contributed by atoms with van der Waals surface area (Å²) < 4.78 is 1.79. The van der Waals surface area contributed by atoms with Gasteiger partial charge in [-0.3, -0.25) is 4.79 Å². The lowest BCUT2D eigenvalue weighted by atomic mass is 10.1. The number of nitrogens with zero attached hydrogens (tertiary/aromatic N) is 3. The van der Waals surface area contributed by atoms with Crippen molar-refractivity contribution in [2.24, 2.45) is 0 Å². The average molecular weight is 301 g/mol. The fourth-order valence-electron chi connectivity index (χ4n) is 2.16. The topological polar surface area (TPSA) is 67.5 Å². The number of rotatable bonds is 5. The zero-order valence-electron chi connectivity index (χ0n) is 11.6. The van der Waals surface area contributed by atoms with E-state index in [1.807, 2.05) is 5.38 Å². The number of aliphatic carboxylic acids is 1. The number of fused-ring (bicyclic) bond motifs is 1. The van der Waals surface area contributed by atoms with Gasteiger partial charge >= 0.3 is 5.97 Å². The monoisotopic (exact) mass is 301 g/mol. The summed E-state index contributed by atoms with van der Waals surface area (Å²) in [6, 6.07) is 8.39. The number of carboxylic acid groups (broad SMARTS) is 1. The summed E-state index contributed by atoms with van der Waals surface area (Å²) in [6.45, 7) is 2.13. The Labute approximate surface area is 125 Å². The summed E-state index contributed by atoms with van der Waals surface area (Å²) >= 11 is 1.52. The standard InChI is InChI=1S/C15H15N3O2S/c1-2-10-3-5-11(6-4-10)12-9-21-15-16-13(17-18(12)15)7-8-14(19)20/h3-6,9H,2,7-8H2,1H3,(H,19,20). The summed E-state index contributed by atoms with van der Waals surface area (Å²) in [6.07, 6.45) is 1.43. The minimum absolute atomic E-state index is 0.0539. The molecule has 3 aromatic rings. The number of aryl methyl sites for hydroxylation is 2. The first-order valence-corrected chi connectivity index (χ1v) is 7.69. The van der Waals surface area contributed by atoms with E-state index in [0.717, 1.165) is 22.6 Å². The number of hydrogen-bond acceptors (Lipinski definition) is 4. The van der Waals surface area contributed by atoms with Gasteiger partial charge in [-0.1, -0.05) is 31.2 Å². The predicted octanol–water partition coefficient (Wildman–Crippen LogP) is 3.04. The molecule has 0 amide bonds. The van der Waals surface area contributed by atoms with Crippen LogP contribution < -0.4 is 0 Å². The molecule has 0 aliphatic heterocycles. The van der Waals surface area contributed by atoms with Crippen molar-refractivity contribution in [3.63, 3.8) is 0 Å². The van der Waals surface area contributed by atoms with Crippen molar-refractivity contribution in [2.75, 3.05) is 0 Å². The van der Waals surface area contributed by atoms with Gasteiger partial charge < -0.3 is 5.11 Å². The third-order valence-corrected chi connectivity index (χ3v) is 4.16. The first kappa shape index (κ1) is 13.8. The Bertz CT molecular complexity index is 774. The number of carbonyl (C=O) groups is 1. The zero-order valence-corrected chi connectivity index (χ0v) is 12.4. The van der Waals surface area contributed by atoms with E-state index in [0.29, 0.717) is 12.2 Å². The normalized spacial score (nSPS) is 11.1. The van der Waals surface area contributed by atoms with E-state index < -0.39 is 5.97 Å². The Morgan fingerprint density at radius 1 is 1.33 bits per heavy atom. The van der Waals surface area contributed by atoms with Crippen LogP contribution in [0.1, 0.15) is 24.7 Å². The van der Waals surface area contributed by atoms with Gasteiger partial charge in [0.1, 0.15) is 0 Å². The van der Waals surface area contributed by atoms with Crippen LogP contribution in [0.2, 0.25) is 0 Å². The quantitative estimate of drug-likeness (QED) is 0.786. The van der Waals surface area contributed by atoms with Gasteiger partial charge in [0, 0.05) is 17.4 Å².